The predicted molar refractivity (Wildman–Crippen MR) is 99.2 cm³/mol. The van der Waals surface area contributed by atoms with E-state index < -0.39 is 0 Å². The molecule has 0 aliphatic heterocycles. The number of pyridine rings is 1. The van der Waals surface area contributed by atoms with Gasteiger partial charge in [0.05, 0.1) is 6.54 Å². The van der Waals surface area contributed by atoms with Gasteiger partial charge in [-0.3, -0.25) is 9.39 Å². The summed E-state index contributed by atoms with van der Waals surface area (Å²) in [5.74, 6) is 1.48. The molecule has 1 aromatic carbocycles. The topological polar surface area (TPSA) is 66.6 Å². The fourth-order valence-corrected chi connectivity index (χ4v) is 2.98. The Balaban J connectivity index is 1.61. The molecule has 0 atom stereocenters. The van der Waals surface area contributed by atoms with Gasteiger partial charge in [0.2, 0.25) is 0 Å². The number of rotatable bonds is 4. The van der Waals surface area contributed by atoms with Crippen LogP contribution in [0.4, 0.5) is 0 Å². The Morgan fingerprint density at radius 3 is 2.83 bits per heavy atom. The van der Waals surface area contributed by atoms with Crippen LogP contribution in [-0.4, -0.2) is 27.6 Å². The second kappa shape index (κ2) is 7.63. The number of hydrogen-bond donors (Lipinski definition) is 2. The van der Waals surface area contributed by atoms with Gasteiger partial charge in [0, 0.05) is 29.3 Å². The molecule has 2 N–H and O–H groups in total. The largest absolute Gasteiger partial charge is 0.352 e. The lowest BCUT2D eigenvalue weighted by Gasteiger charge is -2.12. The summed E-state index contributed by atoms with van der Waals surface area (Å²) < 4.78 is 2.89. The molecule has 0 spiro atoms. The number of hydrogen-bond acceptors (Lipinski definition) is 3. The molecule has 24 heavy (non-hydrogen) atoms. The Hall–Kier alpha value is -2.12. The van der Waals surface area contributed by atoms with Crippen molar-refractivity contribution in [3.63, 3.8) is 0 Å². The van der Waals surface area contributed by atoms with Gasteiger partial charge in [-0.2, -0.15) is 0 Å². The SMILES string of the molecule is CN=C(NCc1ccc(Br)cc1Cl)NCc1nnc2ccccn12. The summed E-state index contributed by atoms with van der Waals surface area (Å²) >= 11 is 9.63. The van der Waals surface area contributed by atoms with E-state index in [0.717, 1.165) is 21.5 Å². The molecular weight excluding hydrogens is 392 g/mol. The molecule has 0 aliphatic carbocycles. The fraction of sp³-hybridized carbons (Fsp3) is 0.188. The third kappa shape index (κ3) is 3.85. The number of benzene rings is 1. The second-order valence-corrected chi connectivity index (χ2v) is 6.38. The number of nitrogens with one attached hydrogen (secondary N) is 2. The molecule has 2 heterocycles. The number of nitrogens with zero attached hydrogens (tertiary/aromatic N) is 4. The summed E-state index contributed by atoms with van der Waals surface area (Å²) in [6.07, 6.45) is 1.93. The molecule has 0 amide bonds. The number of fused-ring (bicyclic) bond motifs is 1. The van der Waals surface area contributed by atoms with Gasteiger partial charge in [-0.15, -0.1) is 10.2 Å². The van der Waals surface area contributed by atoms with E-state index in [2.05, 4.69) is 41.8 Å². The van der Waals surface area contributed by atoms with E-state index in [1.54, 1.807) is 7.05 Å². The third-order valence-electron chi connectivity index (χ3n) is 3.48. The van der Waals surface area contributed by atoms with Gasteiger partial charge < -0.3 is 10.6 Å². The van der Waals surface area contributed by atoms with Crippen molar-refractivity contribution < 1.29 is 0 Å². The van der Waals surface area contributed by atoms with Crippen LogP contribution in [0.3, 0.4) is 0 Å². The molecule has 0 unspecified atom stereocenters. The highest BCUT2D eigenvalue weighted by atomic mass is 79.9. The quantitative estimate of drug-likeness (QED) is 0.515. The minimum atomic E-state index is 0.513. The summed E-state index contributed by atoms with van der Waals surface area (Å²) in [5, 5.41) is 15.5. The average molecular weight is 408 g/mol. The average Bonchev–Trinajstić information content (AvgIpc) is 3.00. The normalized spacial score (nSPS) is 11.7. The van der Waals surface area contributed by atoms with Crippen molar-refractivity contribution in [3.8, 4) is 0 Å². The van der Waals surface area contributed by atoms with Crippen LogP contribution in [0.25, 0.3) is 5.65 Å². The van der Waals surface area contributed by atoms with Crippen molar-refractivity contribution in [3.05, 3.63) is 63.5 Å². The van der Waals surface area contributed by atoms with Crippen molar-refractivity contribution in [2.45, 2.75) is 13.1 Å². The Labute approximate surface area is 153 Å². The summed E-state index contributed by atoms with van der Waals surface area (Å²) in [5.41, 5.74) is 1.81. The molecule has 0 fully saturated rings. The number of aliphatic imine (C=N–C) groups is 1. The van der Waals surface area contributed by atoms with Gasteiger partial charge in [-0.25, -0.2) is 0 Å². The molecule has 3 rings (SSSR count). The molecular formula is C16H16BrClN6. The maximum Gasteiger partial charge on any atom is 0.191 e. The first-order chi connectivity index (χ1) is 11.7. The smallest absolute Gasteiger partial charge is 0.191 e. The van der Waals surface area contributed by atoms with E-state index in [4.69, 9.17) is 11.6 Å². The van der Waals surface area contributed by atoms with Gasteiger partial charge in [-0.05, 0) is 29.8 Å². The summed E-state index contributed by atoms with van der Waals surface area (Å²) in [6.45, 7) is 1.09. The number of halogens is 2. The van der Waals surface area contributed by atoms with Crippen LogP contribution in [0.15, 0.2) is 52.1 Å². The van der Waals surface area contributed by atoms with Crippen LogP contribution in [0, 0.1) is 0 Å². The minimum Gasteiger partial charge on any atom is -0.352 e. The molecule has 124 valence electrons. The van der Waals surface area contributed by atoms with Crippen molar-refractivity contribution in [2.75, 3.05) is 7.05 Å². The second-order valence-electron chi connectivity index (χ2n) is 5.06. The monoisotopic (exact) mass is 406 g/mol. The Kier molecular flexibility index (Phi) is 5.32. The van der Waals surface area contributed by atoms with Crippen molar-refractivity contribution >= 4 is 39.1 Å². The van der Waals surface area contributed by atoms with Crippen molar-refractivity contribution in [1.82, 2.24) is 25.2 Å². The highest BCUT2D eigenvalue weighted by molar-refractivity contribution is 9.10. The number of aromatic nitrogens is 3. The zero-order chi connectivity index (χ0) is 16.9. The summed E-state index contributed by atoms with van der Waals surface area (Å²) in [4.78, 5) is 4.21. The molecule has 0 bridgehead atoms. The lowest BCUT2D eigenvalue weighted by Crippen LogP contribution is -2.36. The summed E-state index contributed by atoms with van der Waals surface area (Å²) in [6, 6.07) is 11.6. The molecule has 0 radical (unpaired) electrons. The fourth-order valence-electron chi connectivity index (χ4n) is 2.24. The van der Waals surface area contributed by atoms with Crippen LogP contribution in [0.5, 0.6) is 0 Å². The molecule has 6 nitrogen and oxygen atoms in total. The van der Waals surface area contributed by atoms with E-state index >= 15 is 0 Å². The highest BCUT2D eigenvalue weighted by Gasteiger charge is 2.06. The van der Waals surface area contributed by atoms with Gasteiger partial charge >= 0.3 is 0 Å². The van der Waals surface area contributed by atoms with Gasteiger partial charge in [0.15, 0.2) is 17.4 Å². The van der Waals surface area contributed by atoms with Crippen LogP contribution < -0.4 is 10.6 Å². The van der Waals surface area contributed by atoms with Gasteiger partial charge in [0.25, 0.3) is 0 Å². The van der Waals surface area contributed by atoms with E-state index in [-0.39, 0.29) is 0 Å². The Morgan fingerprint density at radius 1 is 1.21 bits per heavy atom. The Bertz CT molecular complexity index is 876. The highest BCUT2D eigenvalue weighted by Crippen LogP contribution is 2.21. The van der Waals surface area contributed by atoms with Crippen molar-refractivity contribution in [2.24, 2.45) is 4.99 Å². The summed E-state index contributed by atoms with van der Waals surface area (Å²) in [7, 11) is 1.72. The number of guanidine groups is 1. The van der Waals surface area contributed by atoms with Crippen molar-refractivity contribution in [1.29, 1.82) is 0 Å². The molecule has 3 aromatic rings. The lowest BCUT2D eigenvalue weighted by molar-refractivity contribution is 0.762. The first kappa shape index (κ1) is 16.7. The van der Waals surface area contributed by atoms with Gasteiger partial charge in [0.1, 0.15) is 0 Å². The maximum absolute atomic E-state index is 6.23. The standard InChI is InChI=1S/C16H16BrClN6/c1-19-16(20-9-11-5-6-12(17)8-13(11)18)21-10-15-23-22-14-4-2-3-7-24(14)15/h2-8H,9-10H2,1H3,(H2,19,20,21). The third-order valence-corrected chi connectivity index (χ3v) is 4.33. The molecule has 0 saturated carbocycles. The Morgan fingerprint density at radius 2 is 2.04 bits per heavy atom. The zero-order valence-corrected chi connectivity index (χ0v) is 15.3. The first-order valence-corrected chi connectivity index (χ1v) is 8.51. The van der Waals surface area contributed by atoms with Crippen LogP contribution >= 0.6 is 27.5 Å². The lowest BCUT2D eigenvalue weighted by atomic mass is 10.2. The maximum atomic E-state index is 6.23. The first-order valence-electron chi connectivity index (χ1n) is 7.34. The van der Waals surface area contributed by atoms with E-state index in [9.17, 15) is 0 Å². The van der Waals surface area contributed by atoms with E-state index in [1.165, 1.54) is 0 Å². The van der Waals surface area contributed by atoms with Crippen LogP contribution in [0.2, 0.25) is 5.02 Å². The van der Waals surface area contributed by atoms with E-state index in [0.29, 0.717) is 24.1 Å². The predicted octanol–water partition coefficient (Wildman–Crippen LogP) is 3.01. The van der Waals surface area contributed by atoms with Crippen LogP contribution in [0.1, 0.15) is 11.4 Å². The van der Waals surface area contributed by atoms with Crippen LogP contribution in [-0.2, 0) is 13.1 Å². The van der Waals surface area contributed by atoms with Gasteiger partial charge in [-0.1, -0.05) is 39.7 Å². The molecule has 2 aromatic heterocycles. The minimum absolute atomic E-state index is 0.513. The van der Waals surface area contributed by atoms with E-state index in [1.807, 2.05) is 47.0 Å². The molecule has 8 heteroatoms. The molecule has 0 aliphatic rings. The zero-order valence-electron chi connectivity index (χ0n) is 13.0. The molecule has 0 saturated heterocycles.